The summed E-state index contributed by atoms with van der Waals surface area (Å²) >= 11 is 0. The minimum Gasteiger partial charge on any atom is -0.508 e. The molecule has 2 rings (SSSR count). The number of nitrogens with one attached hydrogen (secondary N) is 7. The smallest absolute Gasteiger partial charge is 0.326 e. The zero-order valence-corrected chi connectivity index (χ0v) is 35.9. The van der Waals surface area contributed by atoms with Crippen LogP contribution in [-0.4, -0.2) is 143 Å². The van der Waals surface area contributed by atoms with Crippen molar-refractivity contribution in [3.05, 3.63) is 29.8 Å². The molecule has 0 bridgehead atoms. The van der Waals surface area contributed by atoms with Crippen LogP contribution in [0.5, 0.6) is 5.75 Å². The molecule has 15 N–H and O–H groups in total. The summed E-state index contributed by atoms with van der Waals surface area (Å²) in [6.45, 7) is 3.88. The highest BCUT2D eigenvalue weighted by Gasteiger charge is 2.36. The molecular formula is C40H63N11O12. The Bertz CT molecular complexity index is 1780. The van der Waals surface area contributed by atoms with E-state index in [0.29, 0.717) is 37.8 Å². The van der Waals surface area contributed by atoms with Crippen molar-refractivity contribution in [3.8, 4) is 5.75 Å². The Balaban J connectivity index is 2.04. The Morgan fingerprint density at radius 2 is 1.37 bits per heavy atom. The molecule has 1 aliphatic heterocycles. The average Bonchev–Trinajstić information content (AvgIpc) is 3.73. The summed E-state index contributed by atoms with van der Waals surface area (Å²) in [7, 11) is 0. The number of nitrogens with zero attached hydrogens (tertiary/aromatic N) is 1. The van der Waals surface area contributed by atoms with Gasteiger partial charge in [0.2, 0.25) is 53.2 Å². The van der Waals surface area contributed by atoms with E-state index < -0.39 is 115 Å². The number of nitrogens with two attached hydrogens (primary N) is 3. The maximum absolute atomic E-state index is 13.5. The Hall–Kier alpha value is -6.36. The van der Waals surface area contributed by atoms with Gasteiger partial charge in [-0.25, -0.2) is 4.79 Å². The molecule has 0 saturated carbocycles. The molecular weight excluding hydrogens is 827 g/mol. The molecule has 23 nitrogen and oxygen atoms in total. The summed E-state index contributed by atoms with van der Waals surface area (Å²) in [6.07, 6.45) is 1.53. The summed E-state index contributed by atoms with van der Waals surface area (Å²) < 4.78 is 0. The number of aromatic hydroxyl groups is 1. The first kappa shape index (κ1) is 52.8. The molecule has 1 aliphatic rings. The number of primary amides is 1. The molecule has 0 radical (unpaired) electrons. The molecule has 63 heavy (non-hydrogen) atoms. The number of carbonyl (C=O) groups excluding carboxylic acids is 9. The summed E-state index contributed by atoms with van der Waals surface area (Å²) in [5.41, 5.74) is 16.6. The second-order valence-electron chi connectivity index (χ2n) is 15.6. The van der Waals surface area contributed by atoms with Gasteiger partial charge in [-0.3, -0.25) is 43.2 Å². The summed E-state index contributed by atoms with van der Waals surface area (Å²) in [5.74, 6) is -8.03. The van der Waals surface area contributed by atoms with E-state index in [-0.39, 0.29) is 50.3 Å². The topological polar surface area (TPSA) is 377 Å². The van der Waals surface area contributed by atoms with Crippen LogP contribution in [0.2, 0.25) is 0 Å². The van der Waals surface area contributed by atoms with Crippen LogP contribution < -0.4 is 54.4 Å². The van der Waals surface area contributed by atoms with Crippen molar-refractivity contribution in [2.75, 3.05) is 32.7 Å². The quantitative estimate of drug-likeness (QED) is 0.0376. The number of hydrogen-bond acceptors (Lipinski definition) is 13. The number of aliphatic carboxylic acids is 1. The number of phenols is 1. The van der Waals surface area contributed by atoms with E-state index >= 15 is 0 Å². The zero-order valence-electron chi connectivity index (χ0n) is 35.9. The number of hydrogen-bond donors (Lipinski definition) is 12. The molecule has 0 aromatic heterocycles. The van der Waals surface area contributed by atoms with Crippen LogP contribution in [0.1, 0.15) is 77.7 Å². The van der Waals surface area contributed by atoms with Crippen LogP contribution >= 0.6 is 0 Å². The standard InChI is InChI=1S/C40H63N11O12/c1-22(2)17-28(38(60)46-23(3)35(57)45-21-34(56)51-16-6-8-30(51)39(61)49-27(40(62)63)7-4-5-15-41)48-33(55)20-44-36(58)29(18-24-9-11-25(52)12-10-24)50-37(59)26(13-14-31(43)53)47-32(54)19-42/h9-12,22-23,26-30,52H,4-8,13-21,41-42H2,1-3H3,(H2,43,53)(H,44,58)(H,45,57)(H,46,60)(H,47,54)(H,48,55)(H,49,61)(H,50,59)(H,62,63)/t23-,26-,27-,28-,29-,30-/m0/s1. The number of benzene rings is 1. The van der Waals surface area contributed by atoms with Crippen LogP contribution in [0.15, 0.2) is 24.3 Å². The lowest BCUT2D eigenvalue weighted by atomic mass is 10.0. The number of phenolic OH excluding ortho intramolecular Hbond substituents is 1. The molecule has 23 heteroatoms. The van der Waals surface area contributed by atoms with Crippen LogP contribution in [0, 0.1) is 5.92 Å². The molecule has 1 heterocycles. The number of rotatable bonds is 27. The van der Waals surface area contributed by atoms with E-state index in [1.807, 2.05) is 0 Å². The van der Waals surface area contributed by atoms with E-state index in [1.54, 1.807) is 13.8 Å². The van der Waals surface area contributed by atoms with Gasteiger partial charge in [-0.15, -0.1) is 0 Å². The normalized spacial score (nSPS) is 15.7. The van der Waals surface area contributed by atoms with Gasteiger partial charge in [0, 0.05) is 19.4 Å². The van der Waals surface area contributed by atoms with Gasteiger partial charge in [-0.1, -0.05) is 26.0 Å². The van der Waals surface area contributed by atoms with E-state index in [1.165, 1.54) is 36.1 Å². The molecule has 350 valence electrons. The van der Waals surface area contributed by atoms with Gasteiger partial charge in [0.05, 0.1) is 19.6 Å². The lowest BCUT2D eigenvalue weighted by Gasteiger charge is -2.26. The SMILES string of the molecule is CC(C)C[C@H](NC(=O)CNC(=O)[C@H](Cc1ccc(O)cc1)NC(=O)[C@H](CCC(N)=O)NC(=O)CN)C(=O)N[C@@H](C)C(=O)NCC(=O)N1CCC[C@H]1C(=O)N[C@@H](CCCCN)C(=O)O. The molecule has 1 aromatic rings. The maximum Gasteiger partial charge on any atom is 0.326 e. The Morgan fingerprint density at radius 3 is 1.97 bits per heavy atom. The minimum absolute atomic E-state index is 0.0554. The van der Waals surface area contributed by atoms with E-state index in [0.717, 1.165) is 0 Å². The van der Waals surface area contributed by atoms with Crippen LogP contribution in [0.4, 0.5) is 0 Å². The lowest BCUT2D eigenvalue weighted by Crippen LogP contribution is -2.57. The van der Waals surface area contributed by atoms with Crippen LogP contribution in [-0.2, 0) is 54.4 Å². The van der Waals surface area contributed by atoms with Gasteiger partial charge >= 0.3 is 5.97 Å². The van der Waals surface area contributed by atoms with E-state index in [9.17, 15) is 58.2 Å². The summed E-state index contributed by atoms with van der Waals surface area (Å²) in [6, 6.07) is -1.35. The fourth-order valence-electron chi connectivity index (χ4n) is 6.55. The first-order chi connectivity index (χ1) is 29.7. The molecule has 1 fully saturated rings. The van der Waals surface area contributed by atoms with Crippen LogP contribution in [0.25, 0.3) is 0 Å². The van der Waals surface area contributed by atoms with Gasteiger partial charge < -0.3 is 69.5 Å². The number of unbranched alkanes of at least 4 members (excludes halogenated alkanes) is 1. The fraction of sp³-hybridized carbons (Fsp3) is 0.600. The van der Waals surface area contributed by atoms with Crippen molar-refractivity contribution < 1.29 is 58.2 Å². The predicted molar refractivity (Wildman–Crippen MR) is 225 cm³/mol. The van der Waals surface area contributed by atoms with Crippen molar-refractivity contribution in [3.63, 3.8) is 0 Å². The van der Waals surface area contributed by atoms with Gasteiger partial charge in [-0.05, 0) is 82.0 Å². The highest BCUT2D eigenvalue weighted by molar-refractivity contribution is 5.96. The first-order valence-electron chi connectivity index (χ1n) is 20.8. The fourth-order valence-corrected chi connectivity index (χ4v) is 6.55. The summed E-state index contributed by atoms with van der Waals surface area (Å²) in [4.78, 5) is 129. The van der Waals surface area contributed by atoms with Crippen molar-refractivity contribution in [2.45, 2.75) is 115 Å². The van der Waals surface area contributed by atoms with Crippen molar-refractivity contribution in [2.24, 2.45) is 23.1 Å². The maximum atomic E-state index is 13.5. The van der Waals surface area contributed by atoms with Crippen LogP contribution in [0.3, 0.4) is 0 Å². The van der Waals surface area contributed by atoms with Gasteiger partial charge in [0.25, 0.3) is 0 Å². The van der Waals surface area contributed by atoms with Gasteiger partial charge in [-0.2, -0.15) is 0 Å². The van der Waals surface area contributed by atoms with Crippen molar-refractivity contribution in [1.29, 1.82) is 0 Å². The lowest BCUT2D eigenvalue weighted by molar-refractivity contribution is -0.144. The third-order valence-electron chi connectivity index (χ3n) is 9.91. The number of carboxylic acid groups (broad SMARTS) is 1. The minimum atomic E-state index is -1.34. The Kier molecular flexibility index (Phi) is 22.5. The van der Waals surface area contributed by atoms with Crippen molar-refractivity contribution in [1.82, 2.24) is 42.1 Å². The highest BCUT2D eigenvalue weighted by Crippen LogP contribution is 2.18. The summed E-state index contributed by atoms with van der Waals surface area (Å²) in [5, 5.41) is 36.5. The molecule has 6 atom stereocenters. The van der Waals surface area contributed by atoms with E-state index in [4.69, 9.17) is 17.2 Å². The monoisotopic (exact) mass is 889 g/mol. The molecule has 0 aliphatic carbocycles. The number of amides is 9. The molecule has 0 spiro atoms. The highest BCUT2D eigenvalue weighted by atomic mass is 16.4. The number of carbonyl (C=O) groups is 10. The van der Waals surface area contributed by atoms with Crippen molar-refractivity contribution >= 4 is 59.1 Å². The molecule has 0 unspecified atom stereocenters. The number of likely N-dealkylation sites (tertiary alicyclic amines) is 1. The number of carboxylic acids is 1. The van der Waals surface area contributed by atoms with E-state index in [2.05, 4.69) is 37.2 Å². The molecule has 1 saturated heterocycles. The van der Waals surface area contributed by atoms with Gasteiger partial charge in [0.1, 0.15) is 42.0 Å². The average molecular weight is 890 g/mol. The first-order valence-corrected chi connectivity index (χ1v) is 20.8. The molecule has 9 amide bonds. The molecule has 1 aromatic carbocycles. The Labute approximate surface area is 365 Å². The largest absolute Gasteiger partial charge is 0.508 e. The second-order valence-corrected chi connectivity index (χ2v) is 15.6. The third-order valence-corrected chi connectivity index (χ3v) is 9.91. The van der Waals surface area contributed by atoms with Gasteiger partial charge in [0.15, 0.2) is 0 Å². The second kappa shape index (κ2) is 26.9. The Morgan fingerprint density at radius 1 is 0.730 bits per heavy atom. The zero-order chi connectivity index (χ0) is 47.2. The third kappa shape index (κ3) is 19.1. The predicted octanol–water partition coefficient (Wildman–Crippen LogP) is -3.91.